The Kier molecular flexibility index (Phi) is 11.6. The molecule has 3 aliphatic carbocycles. The van der Waals surface area contributed by atoms with Gasteiger partial charge in [-0.3, -0.25) is 18.7 Å². The van der Waals surface area contributed by atoms with Gasteiger partial charge in [-0.1, -0.05) is 33.3 Å². The summed E-state index contributed by atoms with van der Waals surface area (Å²) >= 11 is 5.73. The summed E-state index contributed by atoms with van der Waals surface area (Å²) in [6.45, 7) is 9.80. The second-order valence-corrected chi connectivity index (χ2v) is 13.4. The average Bonchev–Trinajstić information content (AvgIpc) is 2.78. The zero-order valence-corrected chi connectivity index (χ0v) is 25.4. The van der Waals surface area contributed by atoms with Crippen LogP contribution in [0.3, 0.4) is 0 Å². The quantitative estimate of drug-likeness (QED) is 0.192. The summed E-state index contributed by atoms with van der Waals surface area (Å²) in [5.74, 6) is 0.374. The van der Waals surface area contributed by atoms with Gasteiger partial charge in [0.2, 0.25) is 0 Å². The van der Waals surface area contributed by atoms with Gasteiger partial charge in [-0.25, -0.2) is 4.79 Å². The number of nitrogens with zero attached hydrogens (tertiary/aromatic N) is 1. The molecule has 6 atom stereocenters. The molecule has 0 aromatic carbocycles. The normalized spacial score (nSPS) is 32.9. The predicted octanol–water partition coefficient (Wildman–Crippen LogP) is 3.98. The van der Waals surface area contributed by atoms with E-state index in [0.29, 0.717) is 19.6 Å². The van der Waals surface area contributed by atoms with Crippen LogP contribution >= 0.6 is 11.6 Å². The van der Waals surface area contributed by atoms with E-state index in [1.165, 1.54) is 0 Å². The fourth-order valence-electron chi connectivity index (χ4n) is 7.12. The number of carbonyl (C=O) groups excluding carboxylic acids is 3. The number of hydrogen-bond donors (Lipinski definition) is 2. The van der Waals surface area contributed by atoms with Crippen molar-refractivity contribution >= 4 is 39.7 Å². The van der Waals surface area contributed by atoms with E-state index in [4.69, 9.17) is 38.6 Å². The van der Waals surface area contributed by atoms with Gasteiger partial charge in [-0.15, -0.1) is 11.6 Å². The van der Waals surface area contributed by atoms with E-state index in [2.05, 4.69) is 27.7 Å². The highest BCUT2D eigenvalue weighted by molar-refractivity contribution is 7.79. The maximum atomic E-state index is 13.6. The molecule has 0 bridgehead atoms. The van der Waals surface area contributed by atoms with Gasteiger partial charge >= 0.3 is 22.3 Å². The minimum absolute atomic E-state index is 0.00345. The molecule has 3 fully saturated rings. The third-order valence-electron chi connectivity index (χ3n) is 9.05. The Morgan fingerprint density at radius 1 is 1.18 bits per heavy atom. The third kappa shape index (κ3) is 8.73. The van der Waals surface area contributed by atoms with E-state index in [1.807, 2.05) is 19.0 Å². The van der Waals surface area contributed by atoms with E-state index in [1.54, 1.807) is 6.08 Å². The molecular formula is C27H44ClNO9S. The topological polar surface area (TPSA) is 148 Å². The van der Waals surface area contributed by atoms with Crippen LogP contribution in [0.1, 0.15) is 66.2 Å². The molecule has 4 unspecified atom stereocenters. The van der Waals surface area contributed by atoms with Crippen LogP contribution in [0.2, 0.25) is 0 Å². The summed E-state index contributed by atoms with van der Waals surface area (Å²) in [6, 6.07) is 0. The van der Waals surface area contributed by atoms with Gasteiger partial charge in [-0.05, 0) is 62.9 Å². The van der Waals surface area contributed by atoms with Crippen LogP contribution in [0.25, 0.3) is 0 Å². The maximum absolute atomic E-state index is 13.6. The molecule has 0 heterocycles. The van der Waals surface area contributed by atoms with Crippen molar-refractivity contribution in [2.75, 3.05) is 33.1 Å². The number of alkyl halides is 1. The highest BCUT2D eigenvalue weighted by atomic mass is 35.5. The fraction of sp³-hybridized carbons (Fsp3) is 0.815. The van der Waals surface area contributed by atoms with Gasteiger partial charge in [0.1, 0.15) is 18.5 Å². The van der Waals surface area contributed by atoms with Gasteiger partial charge in [0.05, 0.1) is 6.42 Å². The van der Waals surface area contributed by atoms with E-state index in [9.17, 15) is 14.4 Å². The smallest absolute Gasteiger partial charge is 0.394 e. The van der Waals surface area contributed by atoms with E-state index in [-0.39, 0.29) is 70.6 Å². The highest BCUT2D eigenvalue weighted by Crippen LogP contribution is 2.64. The van der Waals surface area contributed by atoms with Crippen molar-refractivity contribution in [1.82, 2.24) is 4.90 Å². The minimum atomic E-state index is -4.67. The molecule has 0 saturated heterocycles. The Labute approximate surface area is 237 Å². The number of carbonyl (C=O) groups is 3. The van der Waals surface area contributed by atoms with Crippen LogP contribution in [0.4, 0.5) is 0 Å². The lowest BCUT2D eigenvalue weighted by atomic mass is 9.42. The maximum Gasteiger partial charge on any atom is 0.394 e. The van der Waals surface area contributed by atoms with E-state index in [0.717, 1.165) is 31.3 Å². The summed E-state index contributed by atoms with van der Waals surface area (Å²) in [7, 11) is -0.784. The molecule has 3 saturated carbocycles. The van der Waals surface area contributed by atoms with Crippen molar-refractivity contribution in [2.24, 2.45) is 34.5 Å². The van der Waals surface area contributed by atoms with Crippen LogP contribution in [0.5, 0.6) is 0 Å². The Morgan fingerprint density at radius 2 is 1.79 bits per heavy atom. The van der Waals surface area contributed by atoms with Gasteiger partial charge in [0.25, 0.3) is 0 Å². The van der Waals surface area contributed by atoms with Crippen molar-refractivity contribution < 1.29 is 41.4 Å². The van der Waals surface area contributed by atoms with Gasteiger partial charge in [0.15, 0.2) is 0 Å². The van der Waals surface area contributed by atoms with E-state index >= 15 is 0 Å². The number of Topliss-reactive ketones (excluding diaryl/α,β-unsaturated/α-hetero) is 1. The summed E-state index contributed by atoms with van der Waals surface area (Å²) in [5, 5.41) is 0. The lowest BCUT2D eigenvalue weighted by molar-refractivity contribution is -0.189. The molecular weight excluding hydrogens is 550 g/mol. The number of esters is 2. The van der Waals surface area contributed by atoms with Gasteiger partial charge < -0.3 is 14.4 Å². The number of rotatable bonds is 7. The molecule has 0 radical (unpaired) electrons. The van der Waals surface area contributed by atoms with Crippen molar-refractivity contribution in [3.63, 3.8) is 0 Å². The first-order chi connectivity index (χ1) is 17.9. The van der Waals surface area contributed by atoms with Crippen molar-refractivity contribution in [3.8, 4) is 0 Å². The standard InChI is InChI=1S/C27H42ClNO5.H2O4S/c1-17-18(15-24(32)33-14-13-29(5)6)7-8-19-25(17)20(30)16-21-26(2,3)22(9-11-27(19,21)4)34-23(31)10-12-28;1-5(2,3)4/h15,17,19,21-22,25H,7-14,16H2,1-6H3;(H2,1,2,3,4)/b18-15+;/t17?,19?,21?,22-,25?,27+;/m1./s1. The number of ether oxygens (including phenoxy) is 2. The van der Waals surface area contributed by atoms with Crippen molar-refractivity contribution in [2.45, 2.75) is 72.3 Å². The first-order valence-electron chi connectivity index (χ1n) is 13.4. The van der Waals surface area contributed by atoms with E-state index < -0.39 is 10.4 Å². The molecule has 0 amide bonds. The lowest BCUT2D eigenvalue weighted by Gasteiger charge is -2.62. The average molecular weight is 594 g/mol. The molecule has 12 heteroatoms. The largest absolute Gasteiger partial charge is 0.462 e. The highest BCUT2D eigenvalue weighted by Gasteiger charge is 2.62. The van der Waals surface area contributed by atoms with Crippen LogP contribution in [0, 0.1) is 34.5 Å². The Bertz CT molecular complexity index is 1030. The zero-order valence-electron chi connectivity index (χ0n) is 23.8. The number of likely N-dealkylation sites (N-methyl/N-ethyl adjacent to an activating group) is 1. The first kappa shape index (κ1) is 33.7. The lowest BCUT2D eigenvalue weighted by Crippen LogP contribution is -2.60. The van der Waals surface area contributed by atoms with Gasteiger partial charge in [0, 0.05) is 36.3 Å². The zero-order chi connectivity index (χ0) is 29.8. The number of hydrogen-bond acceptors (Lipinski definition) is 8. The fourth-order valence-corrected chi connectivity index (χ4v) is 7.28. The molecule has 224 valence electrons. The van der Waals surface area contributed by atoms with Gasteiger partial charge in [-0.2, -0.15) is 8.42 Å². The number of allylic oxidation sites excluding steroid dienone is 1. The summed E-state index contributed by atoms with van der Waals surface area (Å²) < 4.78 is 42.8. The van der Waals surface area contributed by atoms with Crippen LogP contribution < -0.4 is 0 Å². The molecule has 0 aromatic heterocycles. The molecule has 10 nitrogen and oxygen atoms in total. The van der Waals surface area contributed by atoms with Crippen LogP contribution in [-0.4, -0.2) is 79.4 Å². The third-order valence-corrected chi connectivity index (χ3v) is 9.24. The predicted molar refractivity (Wildman–Crippen MR) is 147 cm³/mol. The second kappa shape index (κ2) is 13.4. The summed E-state index contributed by atoms with van der Waals surface area (Å²) in [6.07, 6.45) is 5.61. The Balaban J connectivity index is 0.000000976. The minimum Gasteiger partial charge on any atom is -0.462 e. The molecule has 0 spiro atoms. The van der Waals surface area contributed by atoms with Crippen LogP contribution in [-0.2, 0) is 34.3 Å². The van der Waals surface area contributed by atoms with Crippen molar-refractivity contribution in [3.05, 3.63) is 11.6 Å². The summed E-state index contributed by atoms with van der Waals surface area (Å²) in [4.78, 5) is 40.1. The molecule has 3 rings (SSSR count). The van der Waals surface area contributed by atoms with Crippen molar-refractivity contribution in [1.29, 1.82) is 0 Å². The SMILES string of the molecule is CC1/C(=C/C(=O)OCCN(C)C)CCC2C1C(=O)CC1C(C)(C)[C@H](OC(=O)CCCl)CC[C@@]21C.O=S(=O)(O)O. The Morgan fingerprint density at radius 3 is 2.36 bits per heavy atom. The number of halogens is 1. The monoisotopic (exact) mass is 593 g/mol. The molecule has 0 aliphatic heterocycles. The molecule has 0 aromatic rings. The Hall–Kier alpha value is -1.53. The number of ketones is 1. The molecule has 2 N–H and O–H groups in total. The second-order valence-electron chi connectivity index (χ2n) is 12.1. The summed E-state index contributed by atoms with van der Waals surface area (Å²) in [5.41, 5.74) is 0.753. The molecule has 39 heavy (non-hydrogen) atoms. The van der Waals surface area contributed by atoms with Crippen LogP contribution in [0.15, 0.2) is 11.6 Å². The molecule has 3 aliphatic rings. The first-order valence-corrected chi connectivity index (χ1v) is 15.3. The number of fused-ring (bicyclic) bond motifs is 3.